The van der Waals surface area contributed by atoms with Crippen LogP contribution in [0.5, 0.6) is 0 Å². The SMILES string of the molecule is Cc1nc(NC(=O)c2ccccc2Cl)sc1C(=O)NCCN(C)C.I. The lowest BCUT2D eigenvalue weighted by atomic mass is 10.2. The third kappa shape index (κ3) is 6.21. The smallest absolute Gasteiger partial charge is 0.263 e. The van der Waals surface area contributed by atoms with Crippen molar-refractivity contribution >= 4 is 63.9 Å². The molecule has 0 radical (unpaired) electrons. The van der Waals surface area contributed by atoms with Gasteiger partial charge in [-0.2, -0.15) is 0 Å². The average molecular weight is 495 g/mol. The van der Waals surface area contributed by atoms with Crippen LogP contribution in [0.2, 0.25) is 5.02 Å². The number of anilines is 1. The minimum Gasteiger partial charge on any atom is -0.350 e. The van der Waals surface area contributed by atoms with Crippen molar-refractivity contribution in [2.45, 2.75) is 6.92 Å². The maximum atomic E-state index is 12.2. The van der Waals surface area contributed by atoms with Gasteiger partial charge in [0, 0.05) is 13.1 Å². The number of nitrogens with zero attached hydrogens (tertiary/aromatic N) is 2. The van der Waals surface area contributed by atoms with Gasteiger partial charge in [0.1, 0.15) is 4.88 Å². The van der Waals surface area contributed by atoms with E-state index in [2.05, 4.69) is 15.6 Å². The molecule has 0 saturated heterocycles. The van der Waals surface area contributed by atoms with E-state index in [0.717, 1.165) is 17.9 Å². The van der Waals surface area contributed by atoms with Crippen LogP contribution in [-0.2, 0) is 0 Å². The molecule has 2 aromatic rings. The van der Waals surface area contributed by atoms with Gasteiger partial charge < -0.3 is 10.2 Å². The minimum absolute atomic E-state index is 0. The number of halogens is 2. The van der Waals surface area contributed by atoms with Gasteiger partial charge in [0.05, 0.1) is 16.3 Å². The number of rotatable bonds is 6. The Kier molecular flexibility index (Phi) is 8.77. The topological polar surface area (TPSA) is 74.3 Å². The summed E-state index contributed by atoms with van der Waals surface area (Å²) >= 11 is 7.15. The number of carbonyl (C=O) groups is 2. The van der Waals surface area contributed by atoms with Gasteiger partial charge in [-0.3, -0.25) is 14.9 Å². The largest absolute Gasteiger partial charge is 0.350 e. The first-order valence-electron chi connectivity index (χ1n) is 7.34. The number of aryl methyl sites for hydroxylation is 1. The van der Waals surface area contributed by atoms with Gasteiger partial charge in [-0.1, -0.05) is 35.1 Å². The maximum absolute atomic E-state index is 12.2. The summed E-state index contributed by atoms with van der Waals surface area (Å²) in [6, 6.07) is 6.76. The lowest BCUT2D eigenvalue weighted by Gasteiger charge is -2.09. The number of amides is 2. The summed E-state index contributed by atoms with van der Waals surface area (Å²) < 4.78 is 0. The van der Waals surface area contributed by atoms with Gasteiger partial charge in [-0.05, 0) is 33.2 Å². The van der Waals surface area contributed by atoms with Crippen molar-refractivity contribution in [2.75, 3.05) is 32.5 Å². The van der Waals surface area contributed by atoms with Crippen LogP contribution in [0.3, 0.4) is 0 Å². The van der Waals surface area contributed by atoms with Crippen molar-refractivity contribution < 1.29 is 9.59 Å². The van der Waals surface area contributed by atoms with E-state index in [4.69, 9.17) is 11.6 Å². The average Bonchev–Trinajstić information content (AvgIpc) is 2.87. The zero-order valence-electron chi connectivity index (χ0n) is 14.1. The third-order valence-corrected chi connectivity index (χ3v) is 4.59. The summed E-state index contributed by atoms with van der Waals surface area (Å²) in [5.41, 5.74) is 0.945. The zero-order chi connectivity index (χ0) is 17.7. The molecular formula is C16H20ClIN4O2S. The molecule has 0 saturated carbocycles. The van der Waals surface area contributed by atoms with Crippen molar-refractivity contribution in [3.8, 4) is 0 Å². The van der Waals surface area contributed by atoms with Gasteiger partial charge in [-0.25, -0.2) is 4.98 Å². The molecule has 1 heterocycles. The molecule has 0 aliphatic rings. The fourth-order valence-electron chi connectivity index (χ4n) is 1.94. The summed E-state index contributed by atoms with van der Waals surface area (Å²) in [6.07, 6.45) is 0. The van der Waals surface area contributed by atoms with Crippen molar-refractivity contribution in [1.82, 2.24) is 15.2 Å². The number of aromatic nitrogens is 1. The fourth-order valence-corrected chi connectivity index (χ4v) is 3.04. The molecule has 0 aliphatic heterocycles. The van der Waals surface area contributed by atoms with Crippen LogP contribution in [-0.4, -0.2) is 48.9 Å². The van der Waals surface area contributed by atoms with Gasteiger partial charge in [0.15, 0.2) is 5.13 Å². The third-order valence-electron chi connectivity index (χ3n) is 3.19. The van der Waals surface area contributed by atoms with Gasteiger partial charge in [0.2, 0.25) is 0 Å². The Morgan fingerprint density at radius 2 is 1.92 bits per heavy atom. The Morgan fingerprint density at radius 3 is 2.56 bits per heavy atom. The maximum Gasteiger partial charge on any atom is 0.263 e. The van der Waals surface area contributed by atoms with E-state index in [1.54, 1.807) is 31.2 Å². The molecule has 0 spiro atoms. The molecule has 9 heteroatoms. The van der Waals surface area contributed by atoms with Gasteiger partial charge in [-0.15, -0.1) is 24.0 Å². The number of carbonyl (C=O) groups excluding carboxylic acids is 2. The summed E-state index contributed by atoms with van der Waals surface area (Å²) in [5.74, 6) is -0.543. The molecule has 0 atom stereocenters. The first-order chi connectivity index (χ1) is 11.4. The first kappa shape index (κ1) is 21.8. The Labute approximate surface area is 173 Å². The van der Waals surface area contributed by atoms with E-state index in [0.29, 0.717) is 32.8 Å². The zero-order valence-corrected chi connectivity index (χ0v) is 18.0. The van der Waals surface area contributed by atoms with Gasteiger partial charge in [0.25, 0.3) is 11.8 Å². The van der Waals surface area contributed by atoms with E-state index in [9.17, 15) is 9.59 Å². The van der Waals surface area contributed by atoms with Crippen LogP contribution >= 0.6 is 46.9 Å². The van der Waals surface area contributed by atoms with Gasteiger partial charge >= 0.3 is 0 Å². The standard InChI is InChI=1S/C16H19ClN4O2S.HI/c1-10-13(15(23)18-8-9-21(2)3)24-16(19-10)20-14(22)11-6-4-5-7-12(11)17;/h4-7H,8-9H2,1-3H3,(H,18,23)(H,19,20,22);1H. The van der Waals surface area contributed by atoms with Crippen LogP contribution in [0.4, 0.5) is 5.13 Å². The molecule has 0 fully saturated rings. The molecule has 25 heavy (non-hydrogen) atoms. The van der Waals surface area contributed by atoms with E-state index >= 15 is 0 Å². The summed E-state index contributed by atoms with van der Waals surface area (Å²) in [6.45, 7) is 3.03. The van der Waals surface area contributed by atoms with E-state index in [1.807, 2.05) is 19.0 Å². The molecule has 2 N–H and O–H groups in total. The number of benzene rings is 1. The Hall–Kier alpha value is -1.23. The quantitative estimate of drug-likeness (QED) is 0.605. The Bertz CT molecular complexity index is 751. The van der Waals surface area contributed by atoms with Crippen molar-refractivity contribution in [3.05, 3.63) is 45.4 Å². The molecule has 0 unspecified atom stereocenters. The molecule has 1 aromatic carbocycles. The second-order valence-corrected chi connectivity index (χ2v) is 6.83. The molecule has 2 rings (SSSR count). The second-order valence-electron chi connectivity index (χ2n) is 5.43. The van der Waals surface area contributed by atoms with Crippen molar-refractivity contribution in [2.24, 2.45) is 0 Å². The predicted molar refractivity (Wildman–Crippen MR) is 113 cm³/mol. The molecule has 0 bridgehead atoms. The lowest BCUT2D eigenvalue weighted by Crippen LogP contribution is -2.31. The minimum atomic E-state index is -0.353. The normalized spacial score (nSPS) is 10.3. The molecule has 136 valence electrons. The summed E-state index contributed by atoms with van der Waals surface area (Å²) in [4.78, 5) is 31.1. The molecule has 1 aromatic heterocycles. The van der Waals surface area contributed by atoms with Crippen LogP contribution in [0, 0.1) is 6.92 Å². The molecule has 0 aliphatic carbocycles. The van der Waals surface area contributed by atoms with E-state index in [1.165, 1.54) is 0 Å². The van der Waals surface area contributed by atoms with E-state index in [-0.39, 0.29) is 35.8 Å². The Morgan fingerprint density at radius 1 is 1.24 bits per heavy atom. The highest BCUT2D eigenvalue weighted by molar-refractivity contribution is 14.0. The number of hydrogen-bond acceptors (Lipinski definition) is 5. The summed E-state index contributed by atoms with van der Waals surface area (Å²) in [7, 11) is 3.87. The highest BCUT2D eigenvalue weighted by Gasteiger charge is 2.17. The highest BCUT2D eigenvalue weighted by atomic mass is 127. The highest BCUT2D eigenvalue weighted by Crippen LogP contribution is 2.24. The number of thiazole rings is 1. The number of likely N-dealkylation sites (N-methyl/N-ethyl adjacent to an activating group) is 1. The number of nitrogens with one attached hydrogen (secondary N) is 2. The first-order valence-corrected chi connectivity index (χ1v) is 8.54. The fraction of sp³-hybridized carbons (Fsp3) is 0.312. The lowest BCUT2D eigenvalue weighted by molar-refractivity contribution is 0.0953. The predicted octanol–water partition coefficient (Wildman–Crippen LogP) is 3.27. The van der Waals surface area contributed by atoms with Crippen LogP contribution in [0.1, 0.15) is 25.7 Å². The van der Waals surface area contributed by atoms with Crippen molar-refractivity contribution in [1.29, 1.82) is 0 Å². The molecule has 2 amide bonds. The molecule has 6 nitrogen and oxygen atoms in total. The van der Waals surface area contributed by atoms with Crippen LogP contribution < -0.4 is 10.6 Å². The number of hydrogen-bond donors (Lipinski definition) is 2. The Balaban J connectivity index is 0.00000312. The van der Waals surface area contributed by atoms with Crippen LogP contribution in [0.15, 0.2) is 24.3 Å². The molecular weight excluding hydrogens is 475 g/mol. The van der Waals surface area contributed by atoms with Crippen molar-refractivity contribution in [3.63, 3.8) is 0 Å². The van der Waals surface area contributed by atoms with E-state index < -0.39 is 0 Å². The second kappa shape index (κ2) is 10.0. The van der Waals surface area contributed by atoms with Crippen LogP contribution in [0.25, 0.3) is 0 Å². The summed E-state index contributed by atoms with van der Waals surface area (Å²) in [5, 5.41) is 6.26. The monoisotopic (exact) mass is 494 g/mol.